The van der Waals surface area contributed by atoms with Crippen LogP contribution in [-0.2, 0) is 4.79 Å². The summed E-state index contributed by atoms with van der Waals surface area (Å²) in [6, 6.07) is 20.4. The maximum absolute atomic E-state index is 12.8. The van der Waals surface area contributed by atoms with Gasteiger partial charge in [-0.2, -0.15) is 0 Å². The quantitative estimate of drug-likeness (QED) is 0.212. The first kappa shape index (κ1) is 29.4. The van der Waals surface area contributed by atoms with Crippen molar-refractivity contribution in [1.82, 2.24) is 0 Å². The Kier molecular flexibility index (Phi) is 8.21. The zero-order chi connectivity index (χ0) is 30.8. The van der Waals surface area contributed by atoms with Gasteiger partial charge in [-0.15, -0.1) is 0 Å². The van der Waals surface area contributed by atoms with Crippen LogP contribution >= 0.6 is 0 Å². The van der Waals surface area contributed by atoms with Gasteiger partial charge in [0.25, 0.3) is 0 Å². The van der Waals surface area contributed by atoms with Crippen LogP contribution in [0.4, 0.5) is 0 Å². The van der Waals surface area contributed by atoms with Gasteiger partial charge >= 0.3 is 5.97 Å². The van der Waals surface area contributed by atoms with Crippen molar-refractivity contribution in [2.24, 2.45) is 0 Å². The molecule has 0 amide bonds. The fraction of sp³-hybridized carbons (Fsp3) is 0.229. The van der Waals surface area contributed by atoms with E-state index in [9.17, 15) is 24.6 Å². The van der Waals surface area contributed by atoms with Gasteiger partial charge in [0.05, 0.1) is 23.0 Å². The molecule has 0 radical (unpaired) electrons. The molecule has 8 heteroatoms. The number of benzene rings is 4. The lowest BCUT2D eigenvalue weighted by Gasteiger charge is -2.26. The number of rotatable bonds is 3. The lowest BCUT2D eigenvalue weighted by molar-refractivity contribution is -0.131. The average Bonchev–Trinajstić information content (AvgIpc) is 2.99. The Balaban J connectivity index is 0.000000173. The Morgan fingerprint density at radius 3 is 1.72 bits per heavy atom. The number of carbonyl (C=O) groups is 3. The summed E-state index contributed by atoms with van der Waals surface area (Å²) in [5, 5.41) is 19.0. The molecule has 2 N–H and O–H groups in total. The van der Waals surface area contributed by atoms with Crippen molar-refractivity contribution in [3.8, 4) is 28.7 Å². The summed E-state index contributed by atoms with van der Waals surface area (Å²) in [5.74, 6) is 0.871. The second-order valence-electron chi connectivity index (χ2n) is 10.7. The molecule has 4 aromatic rings. The Hall–Kier alpha value is -5.11. The summed E-state index contributed by atoms with van der Waals surface area (Å²) < 4.78 is 16.5. The second-order valence-corrected chi connectivity index (χ2v) is 10.7. The topological polar surface area (TPSA) is 119 Å². The van der Waals surface area contributed by atoms with Crippen molar-refractivity contribution in [2.75, 3.05) is 13.2 Å². The van der Waals surface area contributed by atoms with Gasteiger partial charge in [0.2, 0.25) is 0 Å². The molecule has 2 unspecified atom stereocenters. The molecule has 0 saturated carbocycles. The van der Waals surface area contributed by atoms with Gasteiger partial charge in [0, 0.05) is 12.5 Å². The van der Waals surface area contributed by atoms with Crippen LogP contribution in [0.5, 0.6) is 28.7 Å². The van der Waals surface area contributed by atoms with Gasteiger partial charge in [-0.1, -0.05) is 30.3 Å². The van der Waals surface area contributed by atoms with Gasteiger partial charge in [-0.3, -0.25) is 14.4 Å². The maximum atomic E-state index is 12.8. The summed E-state index contributed by atoms with van der Waals surface area (Å²) in [7, 11) is 0. The van der Waals surface area contributed by atoms with E-state index < -0.39 is 0 Å². The molecule has 2 aliphatic heterocycles. The molecular weight excluding hydrogens is 548 g/mol. The number of phenolic OH excluding ortho intramolecular Hbond substituents is 2. The number of esters is 1. The highest BCUT2D eigenvalue weighted by atomic mass is 16.5. The summed E-state index contributed by atoms with van der Waals surface area (Å²) in [5.41, 5.74) is 5.50. The van der Waals surface area contributed by atoms with Crippen LogP contribution in [0.3, 0.4) is 0 Å². The molecule has 43 heavy (non-hydrogen) atoms. The van der Waals surface area contributed by atoms with E-state index in [2.05, 4.69) is 0 Å². The molecule has 4 aromatic carbocycles. The van der Waals surface area contributed by atoms with E-state index in [0.29, 0.717) is 40.5 Å². The van der Waals surface area contributed by atoms with Gasteiger partial charge < -0.3 is 24.4 Å². The lowest BCUT2D eigenvalue weighted by Crippen LogP contribution is -2.26. The van der Waals surface area contributed by atoms with Crippen molar-refractivity contribution in [3.63, 3.8) is 0 Å². The van der Waals surface area contributed by atoms with E-state index in [1.165, 1.54) is 13.0 Å². The van der Waals surface area contributed by atoms with Crippen molar-refractivity contribution >= 4 is 17.5 Å². The summed E-state index contributed by atoms with van der Waals surface area (Å²) in [6.07, 6.45) is 0. The van der Waals surface area contributed by atoms with E-state index in [4.69, 9.17) is 14.2 Å². The first-order valence-electron chi connectivity index (χ1n) is 13.9. The summed E-state index contributed by atoms with van der Waals surface area (Å²) >= 11 is 0. The lowest BCUT2D eigenvalue weighted by atomic mass is 9.87. The largest absolute Gasteiger partial charge is 0.508 e. The summed E-state index contributed by atoms with van der Waals surface area (Å²) in [4.78, 5) is 36.3. The van der Waals surface area contributed by atoms with E-state index in [1.54, 1.807) is 61.5 Å². The third-order valence-corrected chi connectivity index (χ3v) is 7.85. The van der Waals surface area contributed by atoms with Crippen LogP contribution in [0.15, 0.2) is 72.8 Å². The number of ether oxygens (including phenoxy) is 3. The predicted molar refractivity (Wildman–Crippen MR) is 160 cm³/mol. The van der Waals surface area contributed by atoms with Crippen LogP contribution in [-0.4, -0.2) is 41.0 Å². The number of carbonyl (C=O) groups excluding carboxylic acids is 3. The Morgan fingerprint density at radius 1 is 0.698 bits per heavy atom. The average molecular weight is 581 g/mol. The van der Waals surface area contributed by atoms with Crippen molar-refractivity contribution in [1.29, 1.82) is 0 Å². The SMILES string of the molecule is CC(=O)Oc1ccc(C2COc3c(ccc(C)c3C)C2=O)cc1.Cc1c(O)ccc2c1OCC(c1ccc(O)cc1)C2=O. The number of Topliss-reactive ketones (excluding diaryl/α,β-unsaturated/α-hetero) is 2. The van der Waals surface area contributed by atoms with Crippen LogP contribution in [0.1, 0.15) is 67.3 Å². The van der Waals surface area contributed by atoms with E-state index in [-0.39, 0.29) is 47.5 Å². The molecule has 8 nitrogen and oxygen atoms in total. The number of fused-ring (bicyclic) bond motifs is 2. The van der Waals surface area contributed by atoms with Crippen molar-refractivity contribution in [3.05, 3.63) is 112 Å². The van der Waals surface area contributed by atoms with E-state index >= 15 is 0 Å². The van der Waals surface area contributed by atoms with Gasteiger partial charge in [-0.25, -0.2) is 0 Å². The standard InChI is InChI=1S/C19H18O4.C16H14O4/c1-11-4-9-16-18(21)17(10-22-19(16)12(11)2)14-5-7-15(8-6-14)23-13(3)20;1-9-14(18)7-6-12-15(19)13(8-20-16(9)12)10-2-4-11(17)5-3-10/h4-9,17H,10H2,1-3H3;2-7,13,17-18H,8H2,1H3. The summed E-state index contributed by atoms with van der Waals surface area (Å²) in [6.45, 7) is 7.61. The number of phenols is 2. The zero-order valence-electron chi connectivity index (χ0n) is 24.3. The van der Waals surface area contributed by atoms with Gasteiger partial charge in [0.15, 0.2) is 11.6 Å². The minimum atomic E-state index is -0.382. The van der Waals surface area contributed by atoms with Crippen molar-refractivity contribution in [2.45, 2.75) is 39.5 Å². The molecule has 6 rings (SSSR count). The number of hydrogen-bond donors (Lipinski definition) is 2. The fourth-order valence-electron chi connectivity index (χ4n) is 5.23. The van der Waals surface area contributed by atoms with Crippen LogP contribution in [0, 0.1) is 20.8 Å². The monoisotopic (exact) mass is 580 g/mol. The van der Waals surface area contributed by atoms with Crippen LogP contribution in [0.25, 0.3) is 0 Å². The third-order valence-electron chi connectivity index (χ3n) is 7.85. The number of aromatic hydroxyl groups is 2. The van der Waals surface area contributed by atoms with Gasteiger partial charge in [-0.05, 0) is 85.5 Å². The smallest absolute Gasteiger partial charge is 0.308 e. The molecule has 0 saturated heterocycles. The highest BCUT2D eigenvalue weighted by Crippen LogP contribution is 2.39. The Bertz CT molecular complexity index is 1700. The molecule has 0 aliphatic carbocycles. The number of hydrogen-bond acceptors (Lipinski definition) is 8. The van der Waals surface area contributed by atoms with Gasteiger partial charge in [0.1, 0.15) is 42.0 Å². The second kappa shape index (κ2) is 12.0. The third kappa shape index (κ3) is 5.95. The fourth-order valence-corrected chi connectivity index (χ4v) is 5.23. The minimum absolute atomic E-state index is 0.0277. The van der Waals surface area contributed by atoms with E-state index in [1.807, 2.05) is 26.0 Å². The maximum Gasteiger partial charge on any atom is 0.308 e. The first-order chi connectivity index (χ1) is 20.5. The minimum Gasteiger partial charge on any atom is -0.508 e. The molecule has 2 aliphatic rings. The first-order valence-corrected chi connectivity index (χ1v) is 13.9. The van der Waals surface area contributed by atoms with Crippen molar-refractivity contribution < 1.29 is 38.8 Å². The molecule has 2 atom stereocenters. The highest BCUT2D eigenvalue weighted by Gasteiger charge is 2.32. The van der Waals surface area contributed by atoms with E-state index in [0.717, 1.165) is 22.3 Å². The highest BCUT2D eigenvalue weighted by molar-refractivity contribution is 6.05. The Morgan fingerprint density at radius 2 is 1.19 bits per heavy atom. The molecule has 0 spiro atoms. The molecule has 0 bridgehead atoms. The molecule has 2 heterocycles. The molecule has 220 valence electrons. The van der Waals surface area contributed by atoms with Crippen LogP contribution < -0.4 is 14.2 Å². The van der Waals surface area contributed by atoms with Crippen LogP contribution in [0.2, 0.25) is 0 Å². The zero-order valence-corrected chi connectivity index (χ0v) is 24.3. The molecule has 0 aromatic heterocycles. The Labute approximate surface area is 249 Å². The molecule has 0 fully saturated rings. The normalized spacial score (nSPS) is 16.9. The number of ketones is 2. The number of aryl methyl sites for hydroxylation is 1. The predicted octanol–water partition coefficient (Wildman–Crippen LogP) is 6.35. The molecular formula is C35H32O8.